The Hall–Kier alpha value is -1.09. The molecule has 0 aliphatic carbocycles. The highest BCUT2D eigenvalue weighted by Gasteiger charge is 1.93. The monoisotopic (exact) mass is 138 g/mol. The molecule has 1 rings (SSSR count). The van der Waals surface area contributed by atoms with Crippen LogP contribution in [-0.4, -0.2) is 12.1 Å². The lowest BCUT2D eigenvalue weighted by Gasteiger charge is -2.00. The van der Waals surface area contributed by atoms with Crippen molar-refractivity contribution in [2.24, 2.45) is 0 Å². The molecule has 1 aromatic heterocycles. The SMILES string of the molecule is [CH2-][NH2+]c1ccnc(OC)c1. The van der Waals surface area contributed by atoms with Gasteiger partial charge < -0.3 is 10.1 Å². The second kappa shape index (κ2) is 3.17. The molecule has 0 amide bonds. The Bertz CT molecular complexity index is 193. The molecule has 0 aliphatic heterocycles. The molecule has 0 bridgehead atoms. The van der Waals surface area contributed by atoms with Gasteiger partial charge in [-0.15, -0.1) is 7.05 Å². The molecule has 0 spiro atoms. The van der Waals surface area contributed by atoms with Gasteiger partial charge in [-0.25, -0.2) is 4.98 Å². The molecule has 0 unspecified atom stereocenters. The number of hydrogen-bond donors (Lipinski definition) is 1. The summed E-state index contributed by atoms with van der Waals surface area (Å²) in [5.41, 5.74) is 1.02. The Morgan fingerprint density at radius 3 is 3.10 bits per heavy atom. The summed E-state index contributed by atoms with van der Waals surface area (Å²) in [6.45, 7) is 0. The van der Waals surface area contributed by atoms with Crippen molar-refractivity contribution in [2.75, 3.05) is 7.11 Å². The number of pyridine rings is 1. The molecule has 0 aromatic carbocycles. The molecule has 2 N–H and O–H groups in total. The molecule has 0 saturated carbocycles. The van der Waals surface area contributed by atoms with Gasteiger partial charge in [-0.3, -0.25) is 0 Å². The molecule has 3 heteroatoms. The summed E-state index contributed by atoms with van der Waals surface area (Å²) < 4.78 is 4.90. The molecular formula is C7H10N2O. The Morgan fingerprint density at radius 2 is 2.50 bits per heavy atom. The van der Waals surface area contributed by atoms with Gasteiger partial charge in [0.15, 0.2) is 0 Å². The fraction of sp³-hybridized carbons (Fsp3) is 0.143. The van der Waals surface area contributed by atoms with Gasteiger partial charge in [0.05, 0.1) is 13.2 Å². The van der Waals surface area contributed by atoms with E-state index in [-0.39, 0.29) is 0 Å². The maximum absolute atomic E-state index is 4.90. The molecule has 10 heavy (non-hydrogen) atoms. The molecule has 0 aliphatic rings. The van der Waals surface area contributed by atoms with Crippen molar-refractivity contribution >= 4 is 5.69 Å². The number of rotatable bonds is 2. The van der Waals surface area contributed by atoms with Crippen molar-refractivity contribution in [3.05, 3.63) is 25.4 Å². The maximum atomic E-state index is 4.90. The highest BCUT2D eigenvalue weighted by molar-refractivity contribution is 5.31. The van der Waals surface area contributed by atoms with Crippen molar-refractivity contribution in [1.29, 1.82) is 0 Å². The highest BCUT2D eigenvalue weighted by atomic mass is 16.5. The number of quaternary nitrogens is 1. The van der Waals surface area contributed by atoms with Gasteiger partial charge in [0.25, 0.3) is 0 Å². The van der Waals surface area contributed by atoms with E-state index in [1.54, 1.807) is 18.6 Å². The quantitative estimate of drug-likeness (QED) is 0.588. The molecular weight excluding hydrogens is 128 g/mol. The average molecular weight is 138 g/mol. The van der Waals surface area contributed by atoms with Crippen LogP contribution >= 0.6 is 0 Å². The third kappa shape index (κ3) is 1.45. The zero-order chi connectivity index (χ0) is 7.40. The van der Waals surface area contributed by atoms with E-state index in [0.29, 0.717) is 5.88 Å². The van der Waals surface area contributed by atoms with Crippen LogP contribution in [-0.2, 0) is 0 Å². The topological polar surface area (TPSA) is 38.7 Å². The largest absolute Gasteiger partial charge is 0.481 e. The zero-order valence-corrected chi connectivity index (χ0v) is 5.87. The fourth-order valence-corrected chi connectivity index (χ4v) is 0.663. The van der Waals surface area contributed by atoms with Gasteiger partial charge in [-0.05, 0) is 0 Å². The summed E-state index contributed by atoms with van der Waals surface area (Å²) in [6, 6.07) is 3.70. The van der Waals surface area contributed by atoms with Gasteiger partial charge >= 0.3 is 0 Å². The lowest BCUT2D eigenvalue weighted by atomic mass is 10.4. The summed E-state index contributed by atoms with van der Waals surface area (Å²) in [5.74, 6) is 0.623. The van der Waals surface area contributed by atoms with Crippen LogP contribution in [0.3, 0.4) is 0 Å². The van der Waals surface area contributed by atoms with Gasteiger partial charge in [-0.1, -0.05) is 0 Å². The molecule has 1 aromatic rings. The van der Waals surface area contributed by atoms with E-state index in [2.05, 4.69) is 12.0 Å². The summed E-state index contributed by atoms with van der Waals surface area (Å²) >= 11 is 0. The Kier molecular flexibility index (Phi) is 2.23. The summed E-state index contributed by atoms with van der Waals surface area (Å²) in [6.07, 6.45) is 1.69. The molecule has 0 saturated heterocycles. The minimum atomic E-state index is 0.623. The molecule has 0 fully saturated rings. The van der Waals surface area contributed by atoms with Gasteiger partial charge in [-0.2, -0.15) is 0 Å². The third-order valence-electron chi connectivity index (χ3n) is 1.20. The van der Waals surface area contributed by atoms with Crippen molar-refractivity contribution < 1.29 is 10.1 Å². The average Bonchev–Trinajstić information content (AvgIpc) is 2.05. The van der Waals surface area contributed by atoms with E-state index in [9.17, 15) is 0 Å². The number of aromatic nitrogens is 1. The van der Waals surface area contributed by atoms with E-state index >= 15 is 0 Å². The Morgan fingerprint density at radius 1 is 1.70 bits per heavy atom. The second-order valence-electron chi connectivity index (χ2n) is 1.84. The molecule has 0 radical (unpaired) electrons. The van der Waals surface area contributed by atoms with Gasteiger partial charge in [0, 0.05) is 12.3 Å². The van der Waals surface area contributed by atoms with Crippen LogP contribution in [0.1, 0.15) is 0 Å². The first-order valence-corrected chi connectivity index (χ1v) is 2.99. The molecule has 1 heterocycles. The number of methoxy groups -OCH3 is 1. The molecule has 0 atom stereocenters. The second-order valence-corrected chi connectivity index (χ2v) is 1.84. The van der Waals surface area contributed by atoms with Crippen LogP contribution in [0.25, 0.3) is 0 Å². The summed E-state index contributed by atoms with van der Waals surface area (Å²) in [4.78, 5) is 3.94. The van der Waals surface area contributed by atoms with Crippen molar-refractivity contribution in [3.8, 4) is 5.88 Å². The molecule has 54 valence electrons. The van der Waals surface area contributed by atoms with Crippen LogP contribution in [0, 0.1) is 7.05 Å². The Balaban J connectivity index is 2.87. The number of nitrogens with two attached hydrogens (primary N) is 1. The van der Waals surface area contributed by atoms with Gasteiger partial charge in [0.1, 0.15) is 5.69 Å². The Labute approximate surface area is 60.0 Å². The smallest absolute Gasteiger partial charge is 0.218 e. The van der Waals surface area contributed by atoms with Crippen LogP contribution in [0.15, 0.2) is 18.3 Å². The number of nitrogens with zero attached hydrogens (tertiary/aromatic N) is 1. The minimum absolute atomic E-state index is 0.623. The summed E-state index contributed by atoms with van der Waals surface area (Å²) in [7, 11) is 5.22. The fourth-order valence-electron chi connectivity index (χ4n) is 0.663. The normalized spacial score (nSPS) is 9.40. The number of hydrogen-bond acceptors (Lipinski definition) is 2. The predicted octanol–water partition coefficient (Wildman–Crippen LogP) is 0.0767. The third-order valence-corrected chi connectivity index (χ3v) is 1.20. The zero-order valence-electron chi connectivity index (χ0n) is 5.87. The predicted molar refractivity (Wildman–Crippen MR) is 37.7 cm³/mol. The molecule has 3 nitrogen and oxygen atoms in total. The lowest BCUT2D eigenvalue weighted by molar-refractivity contribution is -0.504. The van der Waals surface area contributed by atoms with Crippen LogP contribution < -0.4 is 10.1 Å². The van der Waals surface area contributed by atoms with Crippen LogP contribution in [0.5, 0.6) is 5.88 Å². The van der Waals surface area contributed by atoms with Crippen LogP contribution in [0.2, 0.25) is 0 Å². The number of ether oxygens (including phenoxy) is 1. The first-order valence-electron chi connectivity index (χ1n) is 2.99. The van der Waals surface area contributed by atoms with Crippen molar-refractivity contribution in [1.82, 2.24) is 4.98 Å². The first kappa shape index (κ1) is 7.02. The van der Waals surface area contributed by atoms with Crippen molar-refractivity contribution in [2.45, 2.75) is 0 Å². The highest BCUT2D eigenvalue weighted by Crippen LogP contribution is 2.07. The van der Waals surface area contributed by atoms with E-state index in [1.165, 1.54) is 0 Å². The standard InChI is InChI=1S/C7H10N2O/c1-8-6-3-4-9-7(5-6)10-2/h3-5H,1,8H2,2H3. The summed E-state index contributed by atoms with van der Waals surface area (Å²) in [5, 5.41) is 1.75. The first-order chi connectivity index (χ1) is 4.86. The van der Waals surface area contributed by atoms with E-state index in [0.717, 1.165) is 5.69 Å². The maximum Gasteiger partial charge on any atom is 0.218 e. The van der Waals surface area contributed by atoms with E-state index in [1.807, 2.05) is 12.1 Å². The van der Waals surface area contributed by atoms with Gasteiger partial charge in [0.2, 0.25) is 5.88 Å². The minimum Gasteiger partial charge on any atom is -0.481 e. The van der Waals surface area contributed by atoms with Crippen LogP contribution in [0.4, 0.5) is 5.69 Å². The van der Waals surface area contributed by atoms with E-state index < -0.39 is 0 Å². The van der Waals surface area contributed by atoms with Crippen molar-refractivity contribution in [3.63, 3.8) is 0 Å². The lowest BCUT2D eigenvalue weighted by Crippen LogP contribution is -2.69. The van der Waals surface area contributed by atoms with E-state index in [4.69, 9.17) is 4.74 Å².